The molecule has 0 saturated carbocycles. The summed E-state index contributed by atoms with van der Waals surface area (Å²) in [6, 6.07) is 4.11. The minimum absolute atomic E-state index is 0.233. The van der Waals surface area contributed by atoms with Crippen molar-refractivity contribution in [3.8, 4) is 0 Å². The Hall–Kier alpha value is -1.62. The maximum atomic E-state index is 9.75. The van der Waals surface area contributed by atoms with Crippen LogP contribution in [0.1, 0.15) is 18.4 Å². The summed E-state index contributed by atoms with van der Waals surface area (Å²) < 4.78 is 1.84. The second kappa shape index (κ2) is 4.00. The molecule has 1 fully saturated rings. The number of pyridine rings is 1. The molecule has 17 heavy (non-hydrogen) atoms. The molecule has 0 amide bonds. The molecule has 0 radical (unpaired) electrons. The van der Waals surface area contributed by atoms with Crippen LogP contribution < -0.4 is 4.90 Å². The molecule has 0 bridgehead atoms. The summed E-state index contributed by atoms with van der Waals surface area (Å²) >= 11 is 0. The fourth-order valence-electron chi connectivity index (χ4n) is 2.42. The lowest BCUT2D eigenvalue weighted by Gasteiger charge is -2.32. The van der Waals surface area contributed by atoms with E-state index in [2.05, 4.69) is 28.0 Å². The zero-order chi connectivity index (χ0) is 11.8. The average Bonchev–Trinajstić information content (AvgIpc) is 2.75. The van der Waals surface area contributed by atoms with Gasteiger partial charge in [0.1, 0.15) is 12.1 Å². The second-order valence-corrected chi connectivity index (χ2v) is 4.66. The number of β-amino-alcohol motifs (C(OH)–C–C–N with tert-alkyl or cyclic N) is 1. The summed E-state index contributed by atoms with van der Waals surface area (Å²) in [5.41, 5.74) is 2.03. The van der Waals surface area contributed by atoms with Crippen LogP contribution in [0.25, 0.3) is 5.65 Å². The van der Waals surface area contributed by atoms with E-state index in [0.717, 1.165) is 30.9 Å². The molecule has 1 atom stereocenters. The topological polar surface area (TPSA) is 53.7 Å². The van der Waals surface area contributed by atoms with Gasteiger partial charge in [-0.1, -0.05) is 0 Å². The first-order valence-corrected chi connectivity index (χ1v) is 5.97. The summed E-state index contributed by atoms with van der Waals surface area (Å²) in [5, 5.41) is 14.0. The molecule has 3 heterocycles. The van der Waals surface area contributed by atoms with Gasteiger partial charge in [0, 0.05) is 13.1 Å². The van der Waals surface area contributed by atoms with E-state index in [1.807, 2.05) is 10.6 Å². The zero-order valence-electron chi connectivity index (χ0n) is 9.87. The fourth-order valence-corrected chi connectivity index (χ4v) is 2.42. The third kappa shape index (κ3) is 1.86. The molecule has 1 N–H and O–H groups in total. The van der Waals surface area contributed by atoms with E-state index in [9.17, 15) is 5.11 Å². The van der Waals surface area contributed by atoms with E-state index in [-0.39, 0.29) is 6.10 Å². The first kappa shape index (κ1) is 10.5. The van der Waals surface area contributed by atoms with Crippen molar-refractivity contribution in [2.75, 3.05) is 18.0 Å². The zero-order valence-corrected chi connectivity index (χ0v) is 9.87. The smallest absolute Gasteiger partial charge is 0.157 e. The Balaban J connectivity index is 2.06. The minimum atomic E-state index is -0.233. The van der Waals surface area contributed by atoms with Gasteiger partial charge in [0.25, 0.3) is 0 Å². The molecule has 0 aliphatic carbocycles. The molecule has 2 aromatic rings. The molecule has 3 rings (SSSR count). The molecular formula is C12H16N4O. The highest BCUT2D eigenvalue weighted by Crippen LogP contribution is 2.21. The number of anilines is 1. The molecule has 0 aromatic carbocycles. The van der Waals surface area contributed by atoms with Crippen LogP contribution in [0.5, 0.6) is 0 Å². The van der Waals surface area contributed by atoms with Gasteiger partial charge in [-0.15, -0.1) is 0 Å². The molecule has 1 saturated heterocycles. The predicted molar refractivity (Wildman–Crippen MR) is 65.2 cm³/mol. The van der Waals surface area contributed by atoms with Crippen LogP contribution in [0, 0.1) is 6.92 Å². The van der Waals surface area contributed by atoms with Gasteiger partial charge >= 0.3 is 0 Å². The number of hydrogen-bond donors (Lipinski definition) is 1. The summed E-state index contributed by atoms with van der Waals surface area (Å²) in [6.45, 7) is 3.70. The highest BCUT2D eigenvalue weighted by molar-refractivity contribution is 5.53. The van der Waals surface area contributed by atoms with Crippen molar-refractivity contribution < 1.29 is 5.11 Å². The molecule has 2 aromatic heterocycles. The number of rotatable bonds is 1. The van der Waals surface area contributed by atoms with Crippen molar-refractivity contribution in [1.82, 2.24) is 14.6 Å². The number of aromatic nitrogens is 3. The van der Waals surface area contributed by atoms with Gasteiger partial charge in [-0.3, -0.25) is 0 Å². The normalized spacial score (nSPS) is 21.1. The summed E-state index contributed by atoms with van der Waals surface area (Å²) in [7, 11) is 0. The minimum Gasteiger partial charge on any atom is -0.391 e. The number of aliphatic hydroxyl groups excluding tert-OH is 1. The third-order valence-electron chi connectivity index (χ3n) is 3.23. The van der Waals surface area contributed by atoms with Gasteiger partial charge < -0.3 is 10.0 Å². The molecule has 1 aliphatic heterocycles. The maximum absolute atomic E-state index is 9.75. The van der Waals surface area contributed by atoms with Gasteiger partial charge in [0.2, 0.25) is 0 Å². The van der Waals surface area contributed by atoms with E-state index in [1.54, 1.807) is 6.33 Å². The molecule has 1 aliphatic rings. The molecule has 5 nitrogen and oxygen atoms in total. The van der Waals surface area contributed by atoms with Gasteiger partial charge in [0.05, 0.1) is 6.10 Å². The quantitative estimate of drug-likeness (QED) is 0.797. The number of aliphatic hydroxyl groups is 1. The van der Waals surface area contributed by atoms with Crippen molar-refractivity contribution >= 4 is 11.5 Å². The standard InChI is InChI=1S/C12H16N4O/c1-9-5-11-13-8-14-16(11)12(6-9)15-4-2-3-10(17)7-15/h5-6,8,10,17H,2-4,7H2,1H3. The average molecular weight is 232 g/mol. The van der Waals surface area contributed by atoms with Crippen molar-refractivity contribution in [2.45, 2.75) is 25.9 Å². The predicted octanol–water partition coefficient (Wildman–Crippen LogP) is 0.999. The lowest BCUT2D eigenvalue weighted by atomic mass is 10.1. The monoisotopic (exact) mass is 232 g/mol. The van der Waals surface area contributed by atoms with Gasteiger partial charge in [-0.2, -0.15) is 9.61 Å². The van der Waals surface area contributed by atoms with E-state index < -0.39 is 0 Å². The van der Waals surface area contributed by atoms with Crippen molar-refractivity contribution in [3.05, 3.63) is 24.0 Å². The second-order valence-electron chi connectivity index (χ2n) is 4.66. The van der Waals surface area contributed by atoms with Gasteiger partial charge in [-0.25, -0.2) is 4.98 Å². The highest BCUT2D eigenvalue weighted by Gasteiger charge is 2.20. The maximum Gasteiger partial charge on any atom is 0.157 e. The third-order valence-corrected chi connectivity index (χ3v) is 3.23. The Bertz CT molecular complexity index is 536. The summed E-state index contributed by atoms with van der Waals surface area (Å²) in [5.74, 6) is 1.02. The lowest BCUT2D eigenvalue weighted by molar-refractivity contribution is 0.153. The highest BCUT2D eigenvalue weighted by atomic mass is 16.3. The van der Waals surface area contributed by atoms with Crippen LogP contribution in [0.4, 0.5) is 5.82 Å². The van der Waals surface area contributed by atoms with E-state index in [1.165, 1.54) is 5.56 Å². The Kier molecular flexibility index (Phi) is 2.48. The lowest BCUT2D eigenvalue weighted by Crippen LogP contribution is -2.39. The van der Waals surface area contributed by atoms with Crippen LogP contribution in [0.3, 0.4) is 0 Å². The van der Waals surface area contributed by atoms with Crippen molar-refractivity contribution in [3.63, 3.8) is 0 Å². The Labute approximate surface area is 99.7 Å². The molecule has 1 unspecified atom stereocenters. The van der Waals surface area contributed by atoms with Gasteiger partial charge in [0.15, 0.2) is 5.65 Å². The van der Waals surface area contributed by atoms with Gasteiger partial charge in [-0.05, 0) is 37.5 Å². The number of piperidine rings is 1. The van der Waals surface area contributed by atoms with E-state index in [4.69, 9.17) is 0 Å². The fraction of sp³-hybridized carbons (Fsp3) is 0.500. The Morgan fingerprint density at radius 2 is 2.29 bits per heavy atom. The largest absolute Gasteiger partial charge is 0.391 e. The first-order chi connectivity index (χ1) is 8.24. The Morgan fingerprint density at radius 3 is 3.12 bits per heavy atom. The van der Waals surface area contributed by atoms with Crippen LogP contribution in [-0.4, -0.2) is 38.9 Å². The molecular weight excluding hydrogens is 216 g/mol. The molecule has 0 spiro atoms. The van der Waals surface area contributed by atoms with Crippen LogP contribution >= 0.6 is 0 Å². The SMILES string of the molecule is Cc1cc(N2CCCC(O)C2)n2ncnc2c1. The number of aryl methyl sites for hydroxylation is 1. The number of hydrogen-bond acceptors (Lipinski definition) is 4. The van der Waals surface area contributed by atoms with Crippen molar-refractivity contribution in [1.29, 1.82) is 0 Å². The van der Waals surface area contributed by atoms with Crippen LogP contribution in [0.15, 0.2) is 18.5 Å². The number of fused-ring (bicyclic) bond motifs is 1. The Morgan fingerprint density at radius 1 is 1.41 bits per heavy atom. The van der Waals surface area contributed by atoms with Crippen molar-refractivity contribution in [2.24, 2.45) is 0 Å². The molecule has 5 heteroatoms. The summed E-state index contributed by atoms with van der Waals surface area (Å²) in [4.78, 5) is 6.40. The molecule has 90 valence electrons. The van der Waals surface area contributed by atoms with Crippen LogP contribution in [0.2, 0.25) is 0 Å². The number of nitrogens with zero attached hydrogens (tertiary/aromatic N) is 4. The van der Waals surface area contributed by atoms with E-state index >= 15 is 0 Å². The van der Waals surface area contributed by atoms with E-state index in [0.29, 0.717) is 6.54 Å². The first-order valence-electron chi connectivity index (χ1n) is 5.97. The summed E-state index contributed by atoms with van der Waals surface area (Å²) in [6.07, 6.45) is 3.25. The van der Waals surface area contributed by atoms with Crippen LogP contribution in [-0.2, 0) is 0 Å².